The number of carbonyl (C=O) groups excluding carboxylic acids is 2. The van der Waals surface area contributed by atoms with E-state index in [1.807, 2.05) is 30.3 Å². The molecular formula is C20H15F3N2O2. The summed E-state index contributed by atoms with van der Waals surface area (Å²) in [4.78, 5) is 24.0. The Hall–Kier alpha value is -3.35. The number of benzene rings is 3. The molecule has 0 atom stereocenters. The molecule has 0 unspecified atom stereocenters. The molecule has 138 valence electrons. The van der Waals surface area contributed by atoms with Crippen LogP contribution in [0, 0.1) is 0 Å². The SMILES string of the molecule is O=C(NCC(F)(F)F)c1ccc(NC(=O)c2ccc3ccccc3c2)cc1. The molecule has 4 nitrogen and oxygen atoms in total. The minimum atomic E-state index is -4.47. The summed E-state index contributed by atoms with van der Waals surface area (Å²) in [5.74, 6) is -1.16. The number of amides is 2. The van der Waals surface area contributed by atoms with Crippen molar-refractivity contribution in [2.45, 2.75) is 6.18 Å². The van der Waals surface area contributed by atoms with Crippen molar-refractivity contribution in [3.8, 4) is 0 Å². The lowest BCUT2D eigenvalue weighted by Crippen LogP contribution is -2.33. The van der Waals surface area contributed by atoms with Gasteiger partial charge in [0.25, 0.3) is 11.8 Å². The van der Waals surface area contributed by atoms with Crippen LogP contribution in [-0.2, 0) is 0 Å². The highest BCUT2D eigenvalue weighted by molar-refractivity contribution is 6.06. The van der Waals surface area contributed by atoms with Crippen molar-refractivity contribution >= 4 is 28.3 Å². The first-order valence-corrected chi connectivity index (χ1v) is 8.07. The van der Waals surface area contributed by atoms with Crippen LogP contribution < -0.4 is 10.6 Å². The molecule has 7 heteroatoms. The summed E-state index contributed by atoms with van der Waals surface area (Å²) in [6.07, 6.45) is -4.47. The summed E-state index contributed by atoms with van der Waals surface area (Å²) in [5, 5.41) is 6.43. The van der Waals surface area contributed by atoms with Crippen molar-refractivity contribution < 1.29 is 22.8 Å². The van der Waals surface area contributed by atoms with Crippen LogP contribution in [0.1, 0.15) is 20.7 Å². The van der Waals surface area contributed by atoms with Gasteiger partial charge in [0.1, 0.15) is 6.54 Å². The minimum absolute atomic E-state index is 0.0722. The van der Waals surface area contributed by atoms with E-state index < -0.39 is 18.6 Å². The van der Waals surface area contributed by atoms with E-state index >= 15 is 0 Å². The van der Waals surface area contributed by atoms with Crippen LogP contribution in [0.4, 0.5) is 18.9 Å². The first-order chi connectivity index (χ1) is 12.8. The number of halogens is 3. The first-order valence-electron chi connectivity index (χ1n) is 8.07. The first kappa shape index (κ1) is 18.4. The van der Waals surface area contributed by atoms with Gasteiger partial charge in [0, 0.05) is 16.8 Å². The Morgan fingerprint density at radius 2 is 1.41 bits per heavy atom. The second-order valence-electron chi connectivity index (χ2n) is 5.89. The van der Waals surface area contributed by atoms with Crippen LogP contribution in [0.3, 0.4) is 0 Å². The zero-order chi connectivity index (χ0) is 19.4. The lowest BCUT2D eigenvalue weighted by Gasteiger charge is -2.09. The fraction of sp³-hybridized carbons (Fsp3) is 0.100. The Balaban J connectivity index is 1.66. The number of rotatable bonds is 4. The molecule has 3 aromatic rings. The quantitative estimate of drug-likeness (QED) is 0.714. The highest BCUT2D eigenvalue weighted by Crippen LogP contribution is 2.18. The molecule has 0 radical (unpaired) electrons. The van der Waals surface area contributed by atoms with E-state index in [2.05, 4.69) is 5.32 Å². The Bertz CT molecular complexity index is 982. The predicted molar refractivity (Wildman–Crippen MR) is 96.7 cm³/mol. The molecule has 0 aromatic heterocycles. The van der Waals surface area contributed by atoms with Crippen molar-refractivity contribution in [1.29, 1.82) is 0 Å². The third-order valence-corrected chi connectivity index (χ3v) is 3.87. The molecule has 3 aromatic carbocycles. The highest BCUT2D eigenvalue weighted by atomic mass is 19.4. The van der Waals surface area contributed by atoms with Crippen molar-refractivity contribution in [2.24, 2.45) is 0 Å². The summed E-state index contributed by atoms with van der Waals surface area (Å²) >= 11 is 0. The van der Waals surface area contributed by atoms with E-state index in [1.54, 1.807) is 17.4 Å². The zero-order valence-electron chi connectivity index (χ0n) is 14.0. The Morgan fingerprint density at radius 1 is 0.778 bits per heavy atom. The normalized spacial score (nSPS) is 11.2. The number of carbonyl (C=O) groups is 2. The maximum atomic E-state index is 12.4. The van der Waals surface area contributed by atoms with Crippen LogP contribution in [-0.4, -0.2) is 24.5 Å². The van der Waals surface area contributed by atoms with E-state index in [4.69, 9.17) is 0 Å². The molecule has 0 saturated heterocycles. The van der Waals surface area contributed by atoms with Gasteiger partial charge in [-0.15, -0.1) is 0 Å². The maximum absolute atomic E-state index is 12.4. The molecule has 0 aliphatic carbocycles. The van der Waals surface area contributed by atoms with E-state index in [0.29, 0.717) is 11.3 Å². The van der Waals surface area contributed by atoms with Crippen molar-refractivity contribution in [2.75, 3.05) is 11.9 Å². The molecule has 0 heterocycles. The van der Waals surface area contributed by atoms with E-state index in [-0.39, 0.29) is 11.5 Å². The van der Waals surface area contributed by atoms with Gasteiger partial charge < -0.3 is 10.6 Å². The minimum Gasteiger partial charge on any atom is -0.343 e. The van der Waals surface area contributed by atoms with Gasteiger partial charge in [-0.05, 0) is 47.2 Å². The van der Waals surface area contributed by atoms with Crippen LogP contribution >= 0.6 is 0 Å². The molecule has 0 saturated carbocycles. The molecule has 2 amide bonds. The summed E-state index contributed by atoms with van der Waals surface area (Å²) in [6, 6.07) is 18.6. The Labute approximate surface area is 153 Å². The number of nitrogens with one attached hydrogen (secondary N) is 2. The fourth-order valence-corrected chi connectivity index (χ4v) is 2.52. The zero-order valence-corrected chi connectivity index (χ0v) is 14.0. The third kappa shape index (κ3) is 4.84. The smallest absolute Gasteiger partial charge is 0.343 e. The van der Waals surface area contributed by atoms with E-state index in [0.717, 1.165) is 10.8 Å². The lowest BCUT2D eigenvalue weighted by atomic mass is 10.1. The molecule has 27 heavy (non-hydrogen) atoms. The maximum Gasteiger partial charge on any atom is 0.405 e. The standard InChI is InChI=1S/C20H15F3N2O2/c21-20(22,23)12-24-18(26)14-7-9-17(10-8-14)25-19(27)16-6-5-13-3-1-2-4-15(13)11-16/h1-11H,12H2,(H,24,26)(H,25,27). The molecule has 0 spiro atoms. The molecule has 0 bridgehead atoms. The van der Waals surface area contributed by atoms with E-state index in [9.17, 15) is 22.8 Å². The van der Waals surface area contributed by atoms with Crippen LogP contribution in [0.25, 0.3) is 10.8 Å². The Kier molecular flexibility index (Phi) is 5.12. The topological polar surface area (TPSA) is 58.2 Å². The Morgan fingerprint density at radius 3 is 2.07 bits per heavy atom. The van der Waals surface area contributed by atoms with Crippen molar-refractivity contribution in [3.63, 3.8) is 0 Å². The van der Waals surface area contributed by atoms with Crippen LogP contribution in [0.5, 0.6) is 0 Å². The number of fused-ring (bicyclic) bond motifs is 1. The third-order valence-electron chi connectivity index (χ3n) is 3.87. The van der Waals surface area contributed by atoms with Gasteiger partial charge in [-0.3, -0.25) is 9.59 Å². The summed E-state index contributed by atoms with van der Waals surface area (Å²) in [5.41, 5.74) is 0.976. The molecule has 0 aliphatic rings. The largest absolute Gasteiger partial charge is 0.405 e. The van der Waals surface area contributed by atoms with Gasteiger partial charge in [0.2, 0.25) is 0 Å². The number of anilines is 1. The molecule has 3 rings (SSSR count). The molecule has 2 N–H and O–H groups in total. The van der Waals surface area contributed by atoms with E-state index in [1.165, 1.54) is 24.3 Å². The van der Waals surface area contributed by atoms with Gasteiger partial charge >= 0.3 is 6.18 Å². The van der Waals surface area contributed by atoms with Gasteiger partial charge in [0.15, 0.2) is 0 Å². The predicted octanol–water partition coefficient (Wildman–Crippen LogP) is 4.38. The lowest BCUT2D eigenvalue weighted by molar-refractivity contribution is -0.123. The fourth-order valence-electron chi connectivity index (χ4n) is 2.52. The van der Waals surface area contributed by atoms with Gasteiger partial charge in [-0.1, -0.05) is 30.3 Å². The van der Waals surface area contributed by atoms with Crippen molar-refractivity contribution in [1.82, 2.24) is 5.32 Å². The van der Waals surface area contributed by atoms with Gasteiger partial charge in [-0.25, -0.2) is 0 Å². The van der Waals surface area contributed by atoms with Crippen LogP contribution in [0.15, 0.2) is 66.7 Å². The highest BCUT2D eigenvalue weighted by Gasteiger charge is 2.27. The molecular weight excluding hydrogens is 357 g/mol. The van der Waals surface area contributed by atoms with Gasteiger partial charge in [-0.2, -0.15) is 13.2 Å². The van der Waals surface area contributed by atoms with Gasteiger partial charge in [0.05, 0.1) is 0 Å². The average molecular weight is 372 g/mol. The summed E-state index contributed by atoms with van der Waals surface area (Å²) < 4.78 is 36.4. The molecule has 0 fully saturated rings. The monoisotopic (exact) mass is 372 g/mol. The number of hydrogen-bond donors (Lipinski definition) is 2. The number of hydrogen-bond acceptors (Lipinski definition) is 2. The second-order valence-corrected chi connectivity index (χ2v) is 5.89. The average Bonchev–Trinajstić information content (AvgIpc) is 2.65. The summed E-state index contributed by atoms with van der Waals surface area (Å²) in [6.45, 7) is -1.40. The number of alkyl halides is 3. The second kappa shape index (κ2) is 7.49. The van der Waals surface area contributed by atoms with Crippen molar-refractivity contribution in [3.05, 3.63) is 77.9 Å². The summed E-state index contributed by atoms with van der Waals surface area (Å²) in [7, 11) is 0. The van der Waals surface area contributed by atoms with Crippen LogP contribution in [0.2, 0.25) is 0 Å². The molecule has 0 aliphatic heterocycles.